The van der Waals surface area contributed by atoms with Crippen LogP contribution < -0.4 is 14.2 Å². The Morgan fingerprint density at radius 1 is 0.844 bits per heavy atom. The van der Waals surface area contributed by atoms with Crippen molar-refractivity contribution in [2.45, 2.75) is 19.4 Å². The van der Waals surface area contributed by atoms with Crippen molar-refractivity contribution in [1.82, 2.24) is 19.8 Å². The van der Waals surface area contributed by atoms with Crippen LogP contribution in [0.15, 0.2) is 60.7 Å². The maximum atomic E-state index is 5.98. The van der Waals surface area contributed by atoms with Crippen LogP contribution in [0, 0.1) is 0 Å². The van der Waals surface area contributed by atoms with E-state index >= 15 is 0 Å². The summed E-state index contributed by atoms with van der Waals surface area (Å²) in [5.74, 6) is 3.08. The highest BCUT2D eigenvalue weighted by Gasteiger charge is 2.13. The molecule has 5 aromatic rings. The molecule has 2 aromatic heterocycles. The van der Waals surface area contributed by atoms with Crippen LogP contribution in [0.4, 0.5) is 0 Å². The van der Waals surface area contributed by atoms with Gasteiger partial charge in [-0.05, 0) is 47.0 Å². The molecule has 162 valence electrons. The monoisotopic (exact) mass is 446 g/mol. The number of ether oxygens (including phenoxy) is 3. The van der Waals surface area contributed by atoms with E-state index in [9.17, 15) is 0 Å². The van der Waals surface area contributed by atoms with Gasteiger partial charge in [0.2, 0.25) is 4.96 Å². The Bertz CT molecular complexity index is 1380. The Morgan fingerprint density at radius 2 is 1.69 bits per heavy atom. The molecule has 7 nitrogen and oxygen atoms in total. The lowest BCUT2D eigenvalue weighted by Gasteiger charge is -2.09. The maximum absolute atomic E-state index is 5.98. The van der Waals surface area contributed by atoms with E-state index in [1.807, 2.05) is 47.0 Å². The molecule has 0 aliphatic rings. The van der Waals surface area contributed by atoms with Gasteiger partial charge in [-0.1, -0.05) is 47.7 Å². The number of rotatable bonds is 8. The molecule has 0 atom stereocenters. The van der Waals surface area contributed by atoms with Crippen molar-refractivity contribution in [2.75, 3.05) is 14.2 Å². The molecule has 0 saturated carbocycles. The number of aryl methyl sites for hydroxylation is 2. The Morgan fingerprint density at radius 3 is 2.53 bits per heavy atom. The van der Waals surface area contributed by atoms with Crippen LogP contribution in [-0.2, 0) is 19.4 Å². The summed E-state index contributed by atoms with van der Waals surface area (Å²) >= 11 is 1.49. The summed E-state index contributed by atoms with van der Waals surface area (Å²) < 4.78 is 18.5. The average molecular weight is 447 g/mol. The first-order chi connectivity index (χ1) is 15.7. The topological polar surface area (TPSA) is 70.8 Å². The fourth-order valence-corrected chi connectivity index (χ4v) is 4.37. The number of hydrogen-bond donors (Lipinski definition) is 0. The molecule has 0 spiro atoms. The number of benzene rings is 3. The third-order valence-corrected chi connectivity index (χ3v) is 6.14. The molecule has 0 bridgehead atoms. The van der Waals surface area contributed by atoms with Gasteiger partial charge in [0, 0.05) is 6.42 Å². The number of aromatic nitrogens is 4. The van der Waals surface area contributed by atoms with Crippen LogP contribution >= 0.6 is 11.3 Å². The zero-order valence-electron chi connectivity index (χ0n) is 17.8. The highest BCUT2D eigenvalue weighted by molar-refractivity contribution is 7.16. The van der Waals surface area contributed by atoms with Gasteiger partial charge in [0.25, 0.3) is 0 Å². The second kappa shape index (κ2) is 8.84. The number of methoxy groups -OCH3 is 2. The first-order valence-corrected chi connectivity index (χ1v) is 11.1. The van der Waals surface area contributed by atoms with Gasteiger partial charge in [-0.3, -0.25) is 0 Å². The zero-order chi connectivity index (χ0) is 21.9. The van der Waals surface area contributed by atoms with Crippen LogP contribution in [0.25, 0.3) is 15.7 Å². The van der Waals surface area contributed by atoms with Gasteiger partial charge in [-0.2, -0.15) is 9.61 Å². The van der Waals surface area contributed by atoms with Crippen molar-refractivity contribution in [3.8, 4) is 17.2 Å². The van der Waals surface area contributed by atoms with Crippen LogP contribution in [0.5, 0.6) is 17.2 Å². The van der Waals surface area contributed by atoms with Crippen molar-refractivity contribution in [3.63, 3.8) is 0 Å². The molecule has 0 aliphatic carbocycles. The van der Waals surface area contributed by atoms with Gasteiger partial charge >= 0.3 is 0 Å². The SMILES string of the molecule is COc1ccc(CCc2nnc3sc(COc4ccc5ccccc5c4)nn23)cc1OC. The second-order valence-electron chi connectivity index (χ2n) is 7.29. The van der Waals surface area contributed by atoms with Gasteiger partial charge < -0.3 is 14.2 Å². The molecule has 0 aliphatic heterocycles. The normalized spacial score (nSPS) is 11.2. The van der Waals surface area contributed by atoms with Crippen LogP contribution in [0.3, 0.4) is 0 Å². The molecular weight excluding hydrogens is 424 g/mol. The third-order valence-electron chi connectivity index (χ3n) is 5.27. The van der Waals surface area contributed by atoms with Gasteiger partial charge in [-0.15, -0.1) is 10.2 Å². The Labute approximate surface area is 189 Å². The summed E-state index contributed by atoms with van der Waals surface area (Å²) in [6.07, 6.45) is 1.51. The molecule has 32 heavy (non-hydrogen) atoms. The fraction of sp³-hybridized carbons (Fsp3) is 0.208. The van der Waals surface area contributed by atoms with Crippen molar-refractivity contribution in [3.05, 3.63) is 77.1 Å². The predicted molar refractivity (Wildman–Crippen MR) is 124 cm³/mol. The molecule has 0 unspecified atom stereocenters. The third kappa shape index (κ3) is 4.09. The van der Waals surface area contributed by atoms with Crippen LogP contribution in [0.2, 0.25) is 0 Å². The van der Waals surface area contributed by atoms with E-state index < -0.39 is 0 Å². The van der Waals surface area contributed by atoms with Crippen molar-refractivity contribution in [2.24, 2.45) is 0 Å². The summed E-state index contributed by atoms with van der Waals surface area (Å²) in [4.78, 5) is 0.768. The van der Waals surface area contributed by atoms with E-state index in [0.29, 0.717) is 13.0 Å². The second-order valence-corrected chi connectivity index (χ2v) is 8.33. The summed E-state index contributed by atoms with van der Waals surface area (Å²) in [5.41, 5.74) is 1.13. The highest BCUT2D eigenvalue weighted by atomic mass is 32.1. The van der Waals surface area contributed by atoms with E-state index in [0.717, 1.165) is 50.4 Å². The molecular formula is C24H22N4O3S. The summed E-state index contributed by atoms with van der Waals surface area (Å²) in [5, 5.41) is 16.4. The Balaban J connectivity index is 1.27. The molecule has 0 radical (unpaired) electrons. The van der Waals surface area contributed by atoms with E-state index in [2.05, 4.69) is 33.5 Å². The Hall–Kier alpha value is -3.65. The minimum atomic E-state index is 0.390. The van der Waals surface area contributed by atoms with Crippen molar-refractivity contribution in [1.29, 1.82) is 0 Å². The number of nitrogens with zero attached hydrogens (tertiary/aromatic N) is 4. The largest absolute Gasteiger partial charge is 0.493 e. The molecule has 5 rings (SSSR count). The molecule has 2 heterocycles. The smallest absolute Gasteiger partial charge is 0.234 e. The predicted octanol–water partition coefficient (Wildman–Crippen LogP) is 4.72. The first kappa shape index (κ1) is 20.3. The van der Waals surface area contributed by atoms with E-state index in [1.54, 1.807) is 14.2 Å². The molecule has 3 aromatic carbocycles. The molecule has 0 N–H and O–H groups in total. The lowest BCUT2D eigenvalue weighted by Crippen LogP contribution is -2.02. The number of fused-ring (bicyclic) bond motifs is 2. The molecule has 8 heteroatoms. The fourth-order valence-electron chi connectivity index (χ4n) is 3.61. The summed E-state index contributed by atoms with van der Waals surface area (Å²) in [7, 11) is 3.27. The zero-order valence-corrected chi connectivity index (χ0v) is 18.6. The highest BCUT2D eigenvalue weighted by Crippen LogP contribution is 2.28. The van der Waals surface area contributed by atoms with Gasteiger partial charge in [-0.25, -0.2) is 0 Å². The van der Waals surface area contributed by atoms with Crippen LogP contribution in [0.1, 0.15) is 16.4 Å². The van der Waals surface area contributed by atoms with E-state index in [4.69, 9.17) is 14.2 Å². The summed E-state index contributed by atoms with van der Waals surface area (Å²) in [6, 6.07) is 20.3. The number of hydrogen-bond acceptors (Lipinski definition) is 7. The van der Waals surface area contributed by atoms with Crippen molar-refractivity contribution < 1.29 is 14.2 Å². The minimum absolute atomic E-state index is 0.390. The van der Waals surface area contributed by atoms with Crippen LogP contribution in [-0.4, -0.2) is 34.0 Å². The Kier molecular flexibility index (Phi) is 5.60. The lowest BCUT2D eigenvalue weighted by atomic mass is 10.1. The molecule has 0 saturated heterocycles. The average Bonchev–Trinajstić information content (AvgIpc) is 3.41. The van der Waals surface area contributed by atoms with Gasteiger partial charge in [0.15, 0.2) is 22.3 Å². The van der Waals surface area contributed by atoms with Gasteiger partial charge in [0.1, 0.15) is 12.4 Å². The maximum Gasteiger partial charge on any atom is 0.234 e. The van der Waals surface area contributed by atoms with E-state index in [-0.39, 0.29) is 0 Å². The molecule has 0 amide bonds. The molecule has 0 fully saturated rings. The first-order valence-electron chi connectivity index (χ1n) is 10.3. The standard InChI is InChI=1S/C24H22N4O3S/c1-29-20-11-7-16(13-21(20)30-2)8-12-22-25-26-24-28(22)27-23(32-24)15-31-19-10-9-17-5-3-4-6-18(17)14-19/h3-7,9-11,13-14H,8,12,15H2,1-2H3. The lowest BCUT2D eigenvalue weighted by molar-refractivity contribution is 0.304. The quantitative estimate of drug-likeness (QED) is 0.343. The minimum Gasteiger partial charge on any atom is -0.493 e. The van der Waals surface area contributed by atoms with E-state index in [1.165, 1.54) is 16.7 Å². The van der Waals surface area contributed by atoms with Gasteiger partial charge in [0.05, 0.1) is 14.2 Å². The summed E-state index contributed by atoms with van der Waals surface area (Å²) in [6.45, 7) is 0.390. The van der Waals surface area contributed by atoms with Crippen molar-refractivity contribution >= 4 is 27.1 Å².